The van der Waals surface area contributed by atoms with Crippen LogP contribution in [0.3, 0.4) is 0 Å². The molecule has 4 aromatic rings. The second kappa shape index (κ2) is 15.3. The zero-order chi connectivity index (χ0) is 36.6. The monoisotopic (exact) mass is 737 g/mol. The van der Waals surface area contributed by atoms with Crippen molar-refractivity contribution >= 4 is 11.8 Å². The lowest BCUT2D eigenvalue weighted by Crippen LogP contribution is -2.36. The van der Waals surface area contributed by atoms with Crippen molar-refractivity contribution in [1.29, 1.82) is 0 Å². The van der Waals surface area contributed by atoms with Crippen LogP contribution in [0, 0.1) is 0 Å². The van der Waals surface area contributed by atoms with Crippen molar-refractivity contribution in [1.82, 2.24) is 14.7 Å². The van der Waals surface area contributed by atoms with Crippen LogP contribution in [-0.2, 0) is 32.2 Å². The van der Waals surface area contributed by atoms with E-state index < -0.39 is 0 Å². The van der Waals surface area contributed by atoms with Crippen molar-refractivity contribution in [2.24, 2.45) is 0 Å². The quantitative estimate of drug-likeness (QED) is 0.197. The van der Waals surface area contributed by atoms with Gasteiger partial charge in [-0.25, -0.2) is 0 Å². The summed E-state index contributed by atoms with van der Waals surface area (Å²) in [6, 6.07) is 19.3. The van der Waals surface area contributed by atoms with Gasteiger partial charge in [0.1, 0.15) is 5.75 Å². The fourth-order valence-corrected chi connectivity index (χ4v) is 9.64. The molecule has 2 unspecified atom stereocenters. The van der Waals surface area contributed by atoms with E-state index in [1.807, 2.05) is 17.8 Å². The largest absolute Gasteiger partial charge is 0.493 e. The molecule has 0 spiro atoms. The Balaban J connectivity index is 1.37. The van der Waals surface area contributed by atoms with Gasteiger partial charge in [0.25, 0.3) is 0 Å². The predicted octanol–water partition coefficient (Wildman–Crippen LogP) is 7.71. The molecule has 9 nitrogen and oxygen atoms in total. The van der Waals surface area contributed by atoms with E-state index in [1.165, 1.54) is 27.8 Å². The third-order valence-corrected chi connectivity index (χ3v) is 12.5. The lowest BCUT2D eigenvalue weighted by atomic mass is 9.84. The number of ether oxygens (including phenoxy) is 6. The minimum absolute atomic E-state index is 0.0221. The summed E-state index contributed by atoms with van der Waals surface area (Å²) in [5.74, 6) is 7.90. The number of nitrogens with zero attached hydrogens (tertiary/aromatic N) is 3. The van der Waals surface area contributed by atoms with E-state index in [4.69, 9.17) is 28.4 Å². The number of benzene rings is 4. The molecule has 6 bridgehead atoms. The van der Waals surface area contributed by atoms with Gasteiger partial charge >= 0.3 is 0 Å². The molecule has 0 aromatic heterocycles. The summed E-state index contributed by atoms with van der Waals surface area (Å²) < 4.78 is 38.4. The molecule has 0 N–H and O–H groups in total. The minimum Gasteiger partial charge on any atom is -0.493 e. The Morgan fingerprint density at radius 1 is 0.679 bits per heavy atom. The standard InChI is InChI=1S/C43H51N3O6S/c1-44-15-13-29-24-37(48-4)39-25-32(29)34(44)21-27-7-10-30(11-8-27)51-38-23-28(9-12-36(38)47-3)22-35-40-31(14-16-45(35)2)33(26-46-17-19-53-20-18-46)41(49-5)43(50-6)42(40)52-39/h7-12,23-25,34-35H,13-22,26H2,1-6H3. The maximum absolute atomic E-state index is 7.26. The zero-order valence-electron chi connectivity index (χ0n) is 31.8. The summed E-state index contributed by atoms with van der Waals surface area (Å²) in [4.78, 5) is 7.44. The highest BCUT2D eigenvalue weighted by atomic mass is 32.2. The maximum atomic E-state index is 7.26. The van der Waals surface area contributed by atoms with Crippen molar-refractivity contribution in [2.45, 2.75) is 44.3 Å². The van der Waals surface area contributed by atoms with Crippen LogP contribution in [0.5, 0.6) is 46.0 Å². The van der Waals surface area contributed by atoms with Crippen molar-refractivity contribution in [2.75, 3.05) is 80.2 Å². The molecule has 0 aliphatic carbocycles. The van der Waals surface area contributed by atoms with Crippen molar-refractivity contribution in [3.8, 4) is 46.0 Å². The Bertz CT molecular complexity index is 1960. The van der Waals surface area contributed by atoms with Crippen LogP contribution in [-0.4, -0.2) is 94.9 Å². The number of hydrogen-bond donors (Lipinski definition) is 0. The van der Waals surface area contributed by atoms with E-state index in [1.54, 1.807) is 28.4 Å². The normalized spacial score (nSPS) is 20.3. The molecule has 53 heavy (non-hydrogen) atoms. The van der Waals surface area contributed by atoms with E-state index in [-0.39, 0.29) is 12.1 Å². The number of methoxy groups -OCH3 is 4. The van der Waals surface area contributed by atoms with Gasteiger partial charge in [-0.15, -0.1) is 0 Å². The number of rotatable bonds is 6. The molecule has 5 aliphatic heterocycles. The highest BCUT2D eigenvalue weighted by molar-refractivity contribution is 7.99. The van der Waals surface area contributed by atoms with Gasteiger partial charge in [-0.3, -0.25) is 14.7 Å². The van der Waals surface area contributed by atoms with Crippen LogP contribution in [0.25, 0.3) is 0 Å². The highest BCUT2D eigenvalue weighted by Gasteiger charge is 2.37. The van der Waals surface area contributed by atoms with E-state index in [0.717, 1.165) is 92.5 Å². The summed E-state index contributed by atoms with van der Waals surface area (Å²) in [5, 5.41) is 0. The molecule has 9 rings (SSSR count). The van der Waals surface area contributed by atoms with Gasteiger partial charge < -0.3 is 28.4 Å². The molecule has 2 atom stereocenters. The van der Waals surface area contributed by atoms with E-state index in [0.29, 0.717) is 34.5 Å². The van der Waals surface area contributed by atoms with Gasteiger partial charge in [0.2, 0.25) is 5.75 Å². The Morgan fingerprint density at radius 2 is 1.36 bits per heavy atom. The molecule has 5 aliphatic rings. The molecule has 1 saturated heterocycles. The molecule has 1 fully saturated rings. The summed E-state index contributed by atoms with van der Waals surface area (Å²) in [5.41, 5.74) is 8.53. The summed E-state index contributed by atoms with van der Waals surface area (Å²) >= 11 is 2.02. The van der Waals surface area contributed by atoms with Crippen LogP contribution in [0.1, 0.15) is 51.0 Å². The van der Waals surface area contributed by atoms with E-state index in [2.05, 4.69) is 77.3 Å². The third-order valence-electron chi connectivity index (χ3n) is 11.6. The van der Waals surface area contributed by atoms with Gasteiger partial charge in [-0.1, -0.05) is 18.2 Å². The molecular weight excluding hydrogens is 687 g/mol. The molecule has 5 heterocycles. The van der Waals surface area contributed by atoms with Gasteiger partial charge in [0.05, 0.1) is 28.4 Å². The second-order valence-corrected chi connectivity index (χ2v) is 15.8. The minimum atomic E-state index is -0.0221. The average molecular weight is 738 g/mol. The van der Waals surface area contributed by atoms with E-state index >= 15 is 0 Å². The van der Waals surface area contributed by atoms with Gasteiger partial charge in [0, 0.05) is 67.4 Å². The second-order valence-electron chi connectivity index (χ2n) is 14.6. The van der Waals surface area contributed by atoms with Crippen molar-refractivity contribution < 1.29 is 28.4 Å². The third kappa shape index (κ3) is 6.91. The summed E-state index contributed by atoms with van der Waals surface area (Å²) in [7, 11) is 11.3. The Morgan fingerprint density at radius 3 is 2.09 bits per heavy atom. The molecular formula is C43H51N3O6S. The number of thioether (sulfide) groups is 1. The number of likely N-dealkylation sites (N-methyl/N-ethyl adjacent to an activating group) is 2. The van der Waals surface area contributed by atoms with Crippen molar-refractivity contribution in [3.63, 3.8) is 0 Å². The zero-order valence-corrected chi connectivity index (χ0v) is 32.6. The first-order valence-electron chi connectivity index (χ1n) is 18.7. The van der Waals surface area contributed by atoms with Crippen LogP contribution >= 0.6 is 11.8 Å². The van der Waals surface area contributed by atoms with Crippen LogP contribution in [0.15, 0.2) is 54.6 Å². The first-order chi connectivity index (χ1) is 25.9. The fourth-order valence-electron chi connectivity index (χ4n) is 8.66. The summed E-state index contributed by atoms with van der Waals surface area (Å²) in [6.45, 7) is 4.75. The molecule has 280 valence electrons. The van der Waals surface area contributed by atoms with Gasteiger partial charge in [0.15, 0.2) is 34.5 Å². The fraction of sp³-hybridized carbons (Fsp3) is 0.442. The Labute approximate surface area is 318 Å². The molecule has 0 saturated carbocycles. The van der Waals surface area contributed by atoms with Crippen molar-refractivity contribution in [3.05, 3.63) is 93.5 Å². The molecule has 4 aromatic carbocycles. The maximum Gasteiger partial charge on any atom is 0.204 e. The van der Waals surface area contributed by atoms with E-state index in [9.17, 15) is 0 Å². The van der Waals surface area contributed by atoms with Crippen LogP contribution in [0.4, 0.5) is 0 Å². The number of hydrogen-bond acceptors (Lipinski definition) is 10. The predicted molar refractivity (Wildman–Crippen MR) is 210 cm³/mol. The Kier molecular flexibility index (Phi) is 10.4. The van der Waals surface area contributed by atoms with Gasteiger partial charge in [-0.05, 0) is 104 Å². The first kappa shape index (κ1) is 35.9. The first-order valence-corrected chi connectivity index (χ1v) is 19.9. The molecule has 0 radical (unpaired) electrons. The van der Waals surface area contributed by atoms with Crippen LogP contribution in [0.2, 0.25) is 0 Å². The summed E-state index contributed by atoms with van der Waals surface area (Å²) in [6.07, 6.45) is 3.38. The lowest BCUT2D eigenvalue weighted by molar-refractivity contribution is 0.216. The number of fused-ring (bicyclic) bond motifs is 2. The highest BCUT2D eigenvalue weighted by Crippen LogP contribution is 2.54. The molecule has 0 amide bonds. The SMILES string of the molecule is COc1ccc2cc1Oc1ccc(cc1)CC1c3cc(c(OC)cc3CCN1C)Oc1c(OC)c(OC)c(CN3CCSCC3)c3c1C(C2)N(C)CC3. The topological polar surface area (TPSA) is 65.1 Å². The molecule has 10 heteroatoms. The Hall–Kier alpha value is -4.09. The lowest BCUT2D eigenvalue weighted by Gasteiger charge is -2.39. The average Bonchev–Trinajstić information content (AvgIpc) is 3.18. The van der Waals surface area contributed by atoms with Crippen LogP contribution < -0.4 is 28.4 Å². The smallest absolute Gasteiger partial charge is 0.204 e. The van der Waals surface area contributed by atoms with Gasteiger partial charge in [-0.2, -0.15) is 11.8 Å².